The summed E-state index contributed by atoms with van der Waals surface area (Å²) in [6.45, 7) is 3.63. The van der Waals surface area contributed by atoms with Crippen molar-refractivity contribution in [2.45, 2.75) is 31.7 Å². The number of nitrogens with zero attached hydrogens (tertiary/aromatic N) is 1. The molecule has 0 bridgehead atoms. The average molecular weight is 258 g/mol. The maximum atomic E-state index is 12.0. The van der Waals surface area contributed by atoms with E-state index in [0.29, 0.717) is 32.5 Å². The van der Waals surface area contributed by atoms with Crippen molar-refractivity contribution in [3.8, 4) is 0 Å². The number of hydrogen-bond donors (Lipinski definition) is 2. The molecule has 6 nitrogen and oxygen atoms in total. The Labute approximate surface area is 107 Å². The number of amides is 1. The normalized spacial score (nSPS) is 23.3. The number of carboxylic acids is 1. The highest BCUT2D eigenvalue weighted by atomic mass is 16.5. The Bertz CT molecular complexity index is 308. The molecule has 0 spiro atoms. The second-order valence-corrected chi connectivity index (χ2v) is 4.51. The molecule has 1 aliphatic heterocycles. The molecule has 0 radical (unpaired) electrons. The largest absolute Gasteiger partial charge is 0.479 e. The van der Waals surface area contributed by atoms with Crippen molar-refractivity contribution in [2.24, 2.45) is 0 Å². The Kier molecular flexibility index (Phi) is 5.55. The maximum absolute atomic E-state index is 12.0. The third-order valence-electron chi connectivity index (χ3n) is 3.53. The van der Waals surface area contributed by atoms with E-state index in [9.17, 15) is 14.7 Å². The Morgan fingerprint density at radius 3 is 2.78 bits per heavy atom. The standard InChI is InChI=1S/C12H22N2O4/c1-3-12(11(16)17)5-4-7-14(12)10(15)9-13-6-8-18-2/h13H,3-9H2,1-2H3,(H,16,17). The van der Waals surface area contributed by atoms with Crippen LogP contribution in [0.4, 0.5) is 0 Å². The van der Waals surface area contributed by atoms with Crippen LogP contribution in [0.2, 0.25) is 0 Å². The lowest BCUT2D eigenvalue weighted by molar-refractivity contribution is -0.156. The van der Waals surface area contributed by atoms with Gasteiger partial charge in [0, 0.05) is 20.2 Å². The first-order valence-electron chi connectivity index (χ1n) is 6.32. The van der Waals surface area contributed by atoms with E-state index in [1.807, 2.05) is 6.92 Å². The minimum Gasteiger partial charge on any atom is -0.479 e. The number of carbonyl (C=O) groups is 2. The summed E-state index contributed by atoms with van der Waals surface area (Å²) in [5.74, 6) is -1.04. The van der Waals surface area contributed by atoms with Gasteiger partial charge in [-0.05, 0) is 19.3 Å². The van der Waals surface area contributed by atoms with E-state index < -0.39 is 11.5 Å². The van der Waals surface area contributed by atoms with Crippen LogP contribution < -0.4 is 5.32 Å². The summed E-state index contributed by atoms with van der Waals surface area (Å²) in [7, 11) is 1.59. The number of nitrogens with one attached hydrogen (secondary N) is 1. The van der Waals surface area contributed by atoms with Gasteiger partial charge in [-0.2, -0.15) is 0 Å². The molecule has 0 aromatic rings. The molecule has 18 heavy (non-hydrogen) atoms. The first-order valence-corrected chi connectivity index (χ1v) is 6.32. The number of hydrogen-bond acceptors (Lipinski definition) is 4. The smallest absolute Gasteiger partial charge is 0.329 e. The minimum absolute atomic E-state index is 0.146. The number of rotatable bonds is 7. The highest BCUT2D eigenvalue weighted by Crippen LogP contribution is 2.32. The molecular weight excluding hydrogens is 236 g/mol. The predicted octanol–water partition coefficient (Wildman–Crippen LogP) is 0.0782. The minimum atomic E-state index is -1.000. The van der Waals surface area contributed by atoms with Gasteiger partial charge in [-0.3, -0.25) is 4.79 Å². The topological polar surface area (TPSA) is 78.9 Å². The fourth-order valence-corrected chi connectivity index (χ4v) is 2.45. The fraction of sp³-hybridized carbons (Fsp3) is 0.833. The molecule has 1 amide bonds. The number of methoxy groups -OCH3 is 1. The van der Waals surface area contributed by atoms with E-state index in [4.69, 9.17) is 4.74 Å². The molecule has 1 aliphatic rings. The molecule has 0 aliphatic carbocycles. The Morgan fingerprint density at radius 2 is 2.22 bits per heavy atom. The van der Waals surface area contributed by atoms with Gasteiger partial charge in [0.15, 0.2) is 0 Å². The van der Waals surface area contributed by atoms with Crippen molar-refractivity contribution < 1.29 is 19.4 Å². The molecule has 0 aromatic heterocycles. The second-order valence-electron chi connectivity index (χ2n) is 4.51. The van der Waals surface area contributed by atoms with E-state index in [0.717, 1.165) is 6.42 Å². The first-order chi connectivity index (χ1) is 8.58. The molecule has 1 fully saturated rings. The zero-order valence-corrected chi connectivity index (χ0v) is 11.1. The lowest BCUT2D eigenvalue weighted by atomic mass is 9.93. The number of carbonyl (C=O) groups excluding carboxylic acids is 1. The van der Waals surface area contributed by atoms with E-state index in [2.05, 4.69) is 5.32 Å². The number of likely N-dealkylation sites (tertiary alicyclic amines) is 1. The van der Waals surface area contributed by atoms with Gasteiger partial charge in [0.2, 0.25) is 5.91 Å². The predicted molar refractivity (Wildman–Crippen MR) is 66.4 cm³/mol. The maximum Gasteiger partial charge on any atom is 0.329 e. The molecule has 0 saturated carbocycles. The molecule has 1 saturated heterocycles. The van der Waals surface area contributed by atoms with Crippen molar-refractivity contribution in [3.63, 3.8) is 0 Å². The van der Waals surface area contributed by atoms with Crippen LogP contribution in [0.25, 0.3) is 0 Å². The summed E-state index contributed by atoms with van der Waals surface area (Å²) in [5, 5.41) is 12.3. The number of carboxylic acid groups (broad SMARTS) is 1. The van der Waals surface area contributed by atoms with Crippen LogP contribution in [0.15, 0.2) is 0 Å². The van der Waals surface area contributed by atoms with Crippen LogP contribution in [0.5, 0.6) is 0 Å². The lowest BCUT2D eigenvalue weighted by Crippen LogP contribution is -2.54. The van der Waals surface area contributed by atoms with Gasteiger partial charge in [-0.25, -0.2) is 4.79 Å². The third kappa shape index (κ3) is 3.00. The molecule has 1 atom stereocenters. The van der Waals surface area contributed by atoms with Crippen molar-refractivity contribution in [1.29, 1.82) is 0 Å². The van der Waals surface area contributed by atoms with E-state index in [1.54, 1.807) is 7.11 Å². The Hall–Kier alpha value is -1.14. The average Bonchev–Trinajstić information content (AvgIpc) is 2.79. The lowest BCUT2D eigenvalue weighted by Gasteiger charge is -2.34. The van der Waals surface area contributed by atoms with Crippen molar-refractivity contribution in [3.05, 3.63) is 0 Å². The second kappa shape index (κ2) is 6.70. The van der Waals surface area contributed by atoms with Gasteiger partial charge in [0.1, 0.15) is 5.54 Å². The molecule has 0 aromatic carbocycles. The number of ether oxygens (including phenoxy) is 1. The summed E-state index contributed by atoms with van der Waals surface area (Å²) in [6, 6.07) is 0. The SMILES string of the molecule is CCC1(C(=O)O)CCCN1C(=O)CNCCOC. The quantitative estimate of drug-likeness (QED) is 0.632. The summed E-state index contributed by atoms with van der Waals surface area (Å²) in [6.07, 6.45) is 1.75. The van der Waals surface area contributed by atoms with E-state index in [-0.39, 0.29) is 12.5 Å². The molecule has 6 heteroatoms. The van der Waals surface area contributed by atoms with Gasteiger partial charge < -0.3 is 20.1 Å². The van der Waals surface area contributed by atoms with Gasteiger partial charge in [0.05, 0.1) is 13.2 Å². The first kappa shape index (κ1) is 14.9. The fourth-order valence-electron chi connectivity index (χ4n) is 2.45. The van der Waals surface area contributed by atoms with Crippen LogP contribution in [0.3, 0.4) is 0 Å². The zero-order valence-electron chi connectivity index (χ0n) is 11.1. The van der Waals surface area contributed by atoms with Crippen LogP contribution in [0.1, 0.15) is 26.2 Å². The molecule has 1 heterocycles. The van der Waals surface area contributed by atoms with Crippen LogP contribution in [0, 0.1) is 0 Å². The van der Waals surface area contributed by atoms with Crippen molar-refractivity contribution in [2.75, 3.05) is 33.4 Å². The van der Waals surface area contributed by atoms with Crippen LogP contribution in [-0.2, 0) is 14.3 Å². The highest BCUT2D eigenvalue weighted by molar-refractivity contribution is 5.88. The molecule has 1 rings (SSSR count). The van der Waals surface area contributed by atoms with Crippen LogP contribution >= 0.6 is 0 Å². The molecular formula is C12H22N2O4. The van der Waals surface area contributed by atoms with Gasteiger partial charge >= 0.3 is 5.97 Å². The Balaban J connectivity index is 2.58. The highest BCUT2D eigenvalue weighted by Gasteiger charge is 2.48. The van der Waals surface area contributed by atoms with Gasteiger partial charge in [-0.15, -0.1) is 0 Å². The van der Waals surface area contributed by atoms with Gasteiger partial charge in [-0.1, -0.05) is 6.92 Å². The summed E-state index contributed by atoms with van der Waals surface area (Å²) >= 11 is 0. The zero-order chi connectivity index (χ0) is 13.6. The summed E-state index contributed by atoms with van der Waals surface area (Å²) in [4.78, 5) is 25.0. The van der Waals surface area contributed by atoms with E-state index in [1.165, 1.54) is 4.90 Å². The van der Waals surface area contributed by atoms with Crippen LogP contribution in [-0.4, -0.2) is 60.8 Å². The van der Waals surface area contributed by atoms with Crippen molar-refractivity contribution in [1.82, 2.24) is 10.2 Å². The van der Waals surface area contributed by atoms with E-state index >= 15 is 0 Å². The summed E-state index contributed by atoms with van der Waals surface area (Å²) in [5.41, 5.74) is -1.000. The Morgan fingerprint density at radius 1 is 1.50 bits per heavy atom. The van der Waals surface area contributed by atoms with Crippen molar-refractivity contribution >= 4 is 11.9 Å². The third-order valence-corrected chi connectivity index (χ3v) is 3.53. The number of aliphatic carboxylic acids is 1. The van der Waals surface area contributed by atoms with Gasteiger partial charge in [0.25, 0.3) is 0 Å². The monoisotopic (exact) mass is 258 g/mol. The molecule has 104 valence electrons. The molecule has 2 N–H and O–H groups in total. The summed E-state index contributed by atoms with van der Waals surface area (Å²) < 4.78 is 4.87. The molecule has 1 unspecified atom stereocenters.